The van der Waals surface area contributed by atoms with Crippen molar-refractivity contribution in [2.75, 3.05) is 19.8 Å². The molecule has 0 radical (unpaired) electrons. The number of nitrogens with zero attached hydrogens (tertiary/aromatic N) is 1. The van der Waals surface area contributed by atoms with Crippen molar-refractivity contribution in [1.82, 2.24) is 10.2 Å². The van der Waals surface area contributed by atoms with E-state index in [2.05, 4.69) is 62.7 Å². The summed E-state index contributed by atoms with van der Waals surface area (Å²) in [6.07, 6.45) is 1.19. The molecule has 0 aliphatic rings. The Hall–Kier alpha value is -1.28. The third-order valence-corrected chi connectivity index (χ3v) is 3.29. The number of benzene rings is 1. The zero-order valence-corrected chi connectivity index (χ0v) is 12.2. The fourth-order valence-electron chi connectivity index (χ4n) is 2.25. The van der Waals surface area contributed by atoms with Crippen LogP contribution in [-0.2, 0) is 0 Å². The van der Waals surface area contributed by atoms with Crippen LogP contribution in [0.2, 0.25) is 0 Å². The van der Waals surface area contributed by atoms with Gasteiger partial charge in [-0.3, -0.25) is 4.90 Å². The van der Waals surface area contributed by atoms with Gasteiger partial charge in [-0.15, -0.1) is 0 Å². The van der Waals surface area contributed by atoms with Gasteiger partial charge in [0.05, 0.1) is 6.67 Å². The van der Waals surface area contributed by atoms with Gasteiger partial charge in [0.1, 0.15) is 0 Å². The molecule has 1 N–H and O–H groups in total. The van der Waals surface area contributed by atoms with Gasteiger partial charge >= 0.3 is 0 Å². The first-order chi connectivity index (χ1) is 8.60. The van der Waals surface area contributed by atoms with Crippen molar-refractivity contribution in [1.29, 1.82) is 0 Å². The molecule has 0 spiro atoms. The number of nitrogens with one attached hydrogen (secondary N) is 1. The molecule has 0 atom stereocenters. The summed E-state index contributed by atoms with van der Waals surface area (Å²) < 4.78 is 0. The van der Waals surface area contributed by atoms with E-state index in [4.69, 9.17) is 0 Å². The highest BCUT2D eigenvalue weighted by Crippen LogP contribution is 2.19. The topological polar surface area (TPSA) is 15.3 Å². The predicted molar refractivity (Wildman–Crippen MR) is 80.5 cm³/mol. The highest BCUT2D eigenvalue weighted by Gasteiger charge is 2.07. The van der Waals surface area contributed by atoms with Crippen molar-refractivity contribution in [3.05, 3.63) is 41.5 Å². The molecule has 0 unspecified atom stereocenters. The maximum atomic E-state index is 4.18. The molecule has 2 heteroatoms. The van der Waals surface area contributed by atoms with Crippen LogP contribution in [0.5, 0.6) is 0 Å². The van der Waals surface area contributed by atoms with Crippen molar-refractivity contribution in [3.63, 3.8) is 0 Å². The smallest absolute Gasteiger partial charge is 0.0678 e. The highest BCUT2D eigenvalue weighted by atomic mass is 15.2. The van der Waals surface area contributed by atoms with Crippen LogP contribution >= 0.6 is 0 Å². The Morgan fingerprint density at radius 1 is 1.22 bits per heavy atom. The molecular formula is C16H26N2. The van der Waals surface area contributed by atoms with Gasteiger partial charge in [-0.25, -0.2) is 0 Å². The zero-order chi connectivity index (χ0) is 13.5. The van der Waals surface area contributed by atoms with Gasteiger partial charge in [0.15, 0.2) is 0 Å². The average Bonchev–Trinajstić information content (AvgIpc) is 2.34. The summed E-state index contributed by atoms with van der Waals surface area (Å²) in [7, 11) is 0. The molecule has 18 heavy (non-hydrogen) atoms. The maximum absolute atomic E-state index is 4.18. The van der Waals surface area contributed by atoms with Crippen molar-refractivity contribution in [3.8, 4) is 0 Å². The molecule has 1 aromatic rings. The Morgan fingerprint density at radius 2 is 1.83 bits per heavy atom. The van der Waals surface area contributed by atoms with Crippen molar-refractivity contribution in [2.24, 2.45) is 0 Å². The molecular weight excluding hydrogens is 220 g/mol. The molecule has 100 valence electrons. The second-order valence-electron chi connectivity index (χ2n) is 4.79. The third-order valence-electron chi connectivity index (χ3n) is 3.29. The monoisotopic (exact) mass is 246 g/mol. The van der Waals surface area contributed by atoms with Gasteiger partial charge in [0.2, 0.25) is 0 Å². The van der Waals surface area contributed by atoms with Crippen molar-refractivity contribution < 1.29 is 0 Å². The third kappa shape index (κ3) is 3.88. The van der Waals surface area contributed by atoms with E-state index in [1.54, 1.807) is 0 Å². The van der Waals surface area contributed by atoms with Crippen LogP contribution in [0.4, 0.5) is 0 Å². The first kappa shape index (κ1) is 14.8. The molecule has 0 fully saturated rings. The van der Waals surface area contributed by atoms with Crippen LogP contribution < -0.4 is 5.32 Å². The van der Waals surface area contributed by atoms with Crippen LogP contribution in [0.1, 0.15) is 37.0 Å². The van der Waals surface area contributed by atoms with E-state index in [-0.39, 0.29) is 0 Å². The van der Waals surface area contributed by atoms with Crippen LogP contribution in [0.3, 0.4) is 0 Å². The molecule has 0 aromatic heterocycles. The van der Waals surface area contributed by atoms with Crippen molar-refractivity contribution in [2.45, 2.75) is 34.1 Å². The lowest BCUT2D eigenvalue weighted by atomic mass is 10.0. The summed E-state index contributed by atoms with van der Waals surface area (Å²) in [4.78, 5) is 2.39. The minimum atomic E-state index is 0.872. The molecule has 1 aromatic carbocycles. The second kappa shape index (κ2) is 7.22. The molecule has 0 saturated carbocycles. The first-order valence-electron chi connectivity index (χ1n) is 6.81. The number of hydrogen-bond donors (Lipinski definition) is 1. The number of rotatable bonds is 7. The zero-order valence-electron chi connectivity index (χ0n) is 12.2. The minimum Gasteiger partial charge on any atom is -0.372 e. The van der Waals surface area contributed by atoms with Gasteiger partial charge in [-0.2, -0.15) is 0 Å². The van der Waals surface area contributed by atoms with E-state index in [1.165, 1.54) is 23.1 Å². The fraction of sp³-hybridized carbons (Fsp3) is 0.500. The molecule has 0 saturated heterocycles. The van der Waals surface area contributed by atoms with Gasteiger partial charge in [-0.1, -0.05) is 38.6 Å². The van der Waals surface area contributed by atoms with Crippen molar-refractivity contribution >= 4 is 5.70 Å². The molecule has 1 rings (SSSR count). The maximum Gasteiger partial charge on any atom is 0.0678 e. The Labute approximate surface area is 112 Å². The first-order valence-corrected chi connectivity index (χ1v) is 6.81. The van der Waals surface area contributed by atoms with E-state index in [1.807, 2.05) is 0 Å². The van der Waals surface area contributed by atoms with Gasteiger partial charge < -0.3 is 5.32 Å². The molecule has 0 bridgehead atoms. The van der Waals surface area contributed by atoms with E-state index in [0.717, 1.165) is 25.5 Å². The van der Waals surface area contributed by atoms with Crippen LogP contribution in [0.25, 0.3) is 5.70 Å². The SMILES string of the molecule is C=C(NCN(CC)CCC)c1c(C)cccc1C. The summed E-state index contributed by atoms with van der Waals surface area (Å²) in [5.41, 5.74) is 4.85. The Kier molecular flexibility index (Phi) is 5.93. The summed E-state index contributed by atoms with van der Waals surface area (Å²) in [5, 5.41) is 3.45. The molecule has 2 nitrogen and oxygen atoms in total. The standard InChI is InChI=1S/C16H26N2/c1-6-11-18(7-2)12-17-15(5)16-13(3)9-8-10-14(16)4/h8-10,17H,5-7,11-12H2,1-4H3. The fourth-order valence-corrected chi connectivity index (χ4v) is 2.25. The lowest BCUT2D eigenvalue weighted by molar-refractivity contribution is 0.281. The Bertz CT molecular complexity index is 376. The van der Waals surface area contributed by atoms with Crippen LogP contribution in [-0.4, -0.2) is 24.7 Å². The molecule has 0 heterocycles. The van der Waals surface area contributed by atoms with E-state index in [9.17, 15) is 0 Å². The second-order valence-corrected chi connectivity index (χ2v) is 4.79. The Morgan fingerprint density at radius 3 is 2.33 bits per heavy atom. The highest BCUT2D eigenvalue weighted by molar-refractivity contribution is 5.67. The van der Waals surface area contributed by atoms with E-state index >= 15 is 0 Å². The predicted octanol–water partition coefficient (Wildman–Crippen LogP) is 3.55. The van der Waals surface area contributed by atoms with Gasteiger partial charge in [-0.05, 0) is 44.5 Å². The van der Waals surface area contributed by atoms with E-state index in [0.29, 0.717) is 0 Å². The average molecular weight is 246 g/mol. The normalized spacial score (nSPS) is 10.7. The molecule has 0 amide bonds. The quantitative estimate of drug-likeness (QED) is 0.740. The number of hydrogen-bond acceptors (Lipinski definition) is 2. The molecule has 0 aliphatic heterocycles. The summed E-state index contributed by atoms with van der Waals surface area (Å²) in [6, 6.07) is 6.37. The van der Waals surface area contributed by atoms with Gasteiger partial charge in [0.25, 0.3) is 0 Å². The van der Waals surface area contributed by atoms with E-state index < -0.39 is 0 Å². The largest absolute Gasteiger partial charge is 0.372 e. The lowest BCUT2D eigenvalue weighted by Crippen LogP contribution is -2.33. The minimum absolute atomic E-state index is 0.872. The molecule has 0 aliphatic carbocycles. The van der Waals surface area contributed by atoms with Crippen LogP contribution in [0, 0.1) is 13.8 Å². The van der Waals surface area contributed by atoms with Gasteiger partial charge in [0, 0.05) is 11.3 Å². The Balaban J connectivity index is 2.65. The van der Waals surface area contributed by atoms with Crippen LogP contribution in [0.15, 0.2) is 24.8 Å². The summed E-state index contributed by atoms with van der Waals surface area (Å²) in [5.74, 6) is 0. The number of aryl methyl sites for hydroxylation is 2. The lowest BCUT2D eigenvalue weighted by Gasteiger charge is -2.22. The summed E-state index contributed by atoms with van der Waals surface area (Å²) in [6.45, 7) is 15.9. The summed E-state index contributed by atoms with van der Waals surface area (Å²) >= 11 is 0.